The van der Waals surface area contributed by atoms with E-state index in [1.807, 2.05) is 4.90 Å². The number of rotatable bonds is 2. The fourth-order valence-electron chi connectivity index (χ4n) is 1.96. The summed E-state index contributed by atoms with van der Waals surface area (Å²) in [6.45, 7) is 1.61. The van der Waals surface area contributed by atoms with Crippen molar-refractivity contribution in [2.75, 3.05) is 44.4 Å². The molecule has 0 aromatic carbocycles. The maximum atomic E-state index is 11.9. The molecule has 2 heterocycles. The zero-order chi connectivity index (χ0) is 14.0. The third-order valence-corrected chi connectivity index (χ3v) is 3.97. The molecule has 8 heteroatoms. The monoisotopic (exact) mass is 284 g/mol. The lowest BCUT2D eigenvalue weighted by Crippen LogP contribution is -2.34. The topological polar surface area (TPSA) is 88.8 Å². The van der Waals surface area contributed by atoms with Gasteiger partial charge in [0.25, 0.3) is 0 Å². The Kier molecular flexibility index (Phi) is 3.89. The van der Waals surface area contributed by atoms with Gasteiger partial charge in [0.1, 0.15) is 10.6 Å². The number of amides is 1. The summed E-state index contributed by atoms with van der Waals surface area (Å²) < 4.78 is 8.70. The molecule has 0 saturated carbocycles. The molecule has 104 valence electrons. The van der Waals surface area contributed by atoms with E-state index in [4.69, 9.17) is 10.5 Å². The van der Waals surface area contributed by atoms with Crippen molar-refractivity contribution in [3.63, 3.8) is 0 Å². The number of likely N-dealkylation sites (N-methyl/N-ethyl adjacent to an activating group) is 1. The van der Waals surface area contributed by atoms with E-state index < -0.39 is 5.97 Å². The van der Waals surface area contributed by atoms with Crippen LogP contribution in [0.1, 0.15) is 16.8 Å². The third kappa shape index (κ3) is 2.62. The number of methoxy groups -OCH3 is 1. The highest BCUT2D eigenvalue weighted by Gasteiger charge is 2.27. The number of aromatic nitrogens is 1. The SMILES string of the molecule is COC(=O)c1c(N)nsc1N1CCCN(C)C(=O)C1. The number of esters is 1. The Hall–Kier alpha value is -1.83. The summed E-state index contributed by atoms with van der Waals surface area (Å²) in [6.07, 6.45) is 0.834. The Morgan fingerprint density at radius 2 is 2.21 bits per heavy atom. The zero-order valence-corrected chi connectivity index (χ0v) is 11.7. The van der Waals surface area contributed by atoms with E-state index in [0.717, 1.165) is 18.0 Å². The highest BCUT2D eigenvalue weighted by molar-refractivity contribution is 7.11. The van der Waals surface area contributed by atoms with E-state index in [9.17, 15) is 9.59 Å². The minimum atomic E-state index is -0.522. The molecule has 0 unspecified atom stereocenters. The van der Waals surface area contributed by atoms with E-state index in [-0.39, 0.29) is 23.8 Å². The van der Waals surface area contributed by atoms with Crippen LogP contribution in [-0.2, 0) is 9.53 Å². The third-order valence-electron chi connectivity index (χ3n) is 3.05. The summed E-state index contributed by atoms with van der Waals surface area (Å²) in [6, 6.07) is 0. The molecule has 1 amide bonds. The molecule has 1 fully saturated rings. The number of anilines is 2. The second-order valence-corrected chi connectivity index (χ2v) is 5.08. The van der Waals surface area contributed by atoms with Crippen molar-refractivity contribution in [2.45, 2.75) is 6.42 Å². The van der Waals surface area contributed by atoms with Crippen molar-refractivity contribution in [2.24, 2.45) is 0 Å². The first-order valence-electron chi connectivity index (χ1n) is 5.87. The molecule has 0 spiro atoms. The highest BCUT2D eigenvalue weighted by atomic mass is 32.1. The number of ether oxygens (including phenoxy) is 1. The molecule has 2 N–H and O–H groups in total. The van der Waals surface area contributed by atoms with Crippen molar-refractivity contribution in [3.8, 4) is 0 Å². The van der Waals surface area contributed by atoms with Gasteiger partial charge < -0.3 is 20.3 Å². The van der Waals surface area contributed by atoms with Crippen LogP contribution in [-0.4, -0.2) is 54.9 Å². The van der Waals surface area contributed by atoms with Gasteiger partial charge in [-0.2, -0.15) is 4.37 Å². The van der Waals surface area contributed by atoms with Crippen LogP contribution in [0, 0.1) is 0 Å². The van der Waals surface area contributed by atoms with Crippen LogP contribution in [0.15, 0.2) is 0 Å². The molecule has 0 bridgehead atoms. The van der Waals surface area contributed by atoms with E-state index >= 15 is 0 Å². The predicted molar refractivity (Wildman–Crippen MR) is 72.3 cm³/mol. The summed E-state index contributed by atoms with van der Waals surface area (Å²) in [5, 5.41) is 0.605. The largest absolute Gasteiger partial charge is 0.465 e. The number of carbonyl (C=O) groups is 2. The number of nitrogen functional groups attached to an aromatic ring is 1. The average molecular weight is 284 g/mol. The maximum Gasteiger partial charge on any atom is 0.344 e. The fourth-order valence-corrected chi connectivity index (χ4v) is 2.79. The smallest absolute Gasteiger partial charge is 0.344 e. The highest BCUT2D eigenvalue weighted by Crippen LogP contribution is 2.31. The van der Waals surface area contributed by atoms with Crippen LogP contribution in [0.2, 0.25) is 0 Å². The van der Waals surface area contributed by atoms with Crippen LogP contribution in [0.3, 0.4) is 0 Å². The van der Waals surface area contributed by atoms with Crippen molar-refractivity contribution < 1.29 is 14.3 Å². The van der Waals surface area contributed by atoms with Gasteiger partial charge in [-0.25, -0.2) is 4.79 Å². The second kappa shape index (κ2) is 5.43. The first-order valence-corrected chi connectivity index (χ1v) is 6.64. The van der Waals surface area contributed by atoms with E-state index in [1.54, 1.807) is 11.9 Å². The van der Waals surface area contributed by atoms with Gasteiger partial charge in [-0.3, -0.25) is 4.79 Å². The molecule has 19 heavy (non-hydrogen) atoms. The van der Waals surface area contributed by atoms with Gasteiger partial charge in [0.2, 0.25) is 5.91 Å². The molecule has 2 rings (SSSR count). The maximum absolute atomic E-state index is 11.9. The van der Waals surface area contributed by atoms with Crippen LogP contribution in [0.5, 0.6) is 0 Å². The van der Waals surface area contributed by atoms with Crippen LogP contribution in [0.25, 0.3) is 0 Å². The molecular formula is C11H16N4O3S. The Morgan fingerprint density at radius 1 is 1.47 bits per heavy atom. The van der Waals surface area contributed by atoms with E-state index in [2.05, 4.69) is 4.37 Å². The van der Waals surface area contributed by atoms with Crippen LogP contribution in [0.4, 0.5) is 10.8 Å². The molecule has 0 atom stereocenters. The fraction of sp³-hybridized carbons (Fsp3) is 0.545. The van der Waals surface area contributed by atoms with E-state index in [1.165, 1.54) is 7.11 Å². The quantitative estimate of drug-likeness (QED) is 0.779. The van der Waals surface area contributed by atoms with Crippen LogP contribution < -0.4 is 10.6 Å². The summed E-state index contributed by atoms with van der Waals surface area (Å²) in [5.41, 5.74) is 5.96. The van der Waals surface area contributed by atoms with Gasteiger partial charge in [0, 0.05) is 20.1 Å². The molecule has 1 aromatic heterocycles. The first kappa shape index (κ1) is 13.6. The molecule has 0 radical (unpaired) electrons. The Morgan fingerprint density at radius 3 is 2.89 bits per heavy atom. The molecular weight excluding hydrogens is 268 g/mol. The Labute approximate surface area is 115 Å². The number of nitrogens with two attached hydrogens (primary N) is 1. The molecule has 1 aromatic rings. The number of hydrogen-bond donors (Lipinski definition) is 1. The first-order chi connectivity index (χ1) is 9.04. The zero-order valence-electron chi connectivity index (χ0n) is 10.9. The van der Waals surface area contributed by atoms with Gasteiger partial charge in [0.05, 0.1) is 13.7 Å². The Bertz CT molecular complexity index is 502. The van der Waals surface area contributed by atoms with Gasteiger partial charge in [0.15, 0.2) is 5.82 Å². The van der Waals surface area contributed by atoms with Crippen molar-refractivity contribution in [1.29, 1.82) is 0 Å². The van der Waals surface area contributed by atoms with Gasteiger partial charge in [-0.05, 0) is 18.0 Å². The average Bonchev–Trinajstić information content (AvgIpc) is 2.69. The number of carbonyl (C=O) groups excluding carboxylic acids is 2. The summed E-state index contributed by atoms with van der Waals surface area (Å²) in [7, 11) is 3.07. The summed E-state index contributed by atoms with van der Waals surface area (Å²) in [4.78, 5) is 27.1. The van der Waals surface area contributed by atoms with Gasteiger partial charge in [-0.15, -0.1) is 0 Å². The van der Waals surface area contributed by atoms with Crippen molar-refractivity contribution in [3.05, 3.63) is 5.56 Å². The van der Waals surface area contributed by atoms with Gasteiger partial charge in [-0.1, -0.05) is 0 Å². The molecule has 1 saturated heterocycles. The summed E-state index contributed by atoms with van der Waals surface area (Å²) >= 11 is 1.12. The lowest BCUT2D eigenvalue weighted by Gasteiger charge is -2.20. The normalized spacial score (nSPS) is 16.4. The molecule has 1 aliphatic rings. The summed E-state index contributed by atoms with van der Waals surface area (Å²) in [5.74, 6) is -0.358. The molecule has 0 aliphatic carbocycles. The lowest BCUT2D eigenvalue weighted by molar-refractivity contribution is -0.127. The number of nitrogens with zero attached hydrogens (tertiary/aromatic N) is 3. The second-order valence-electron chi connectivity index (χ2n) is 4.33. The molecule has 7 nitrogen and oxygen atoms in total. The van der Waals surface area contributed by atoms with Crippen molar-refractivity contribution >= 4 is 34.2 Å². The lowest BCUT2D eigenvalue weighted by atomic mass is 10.3. The van der Waals surface area contributed by atoms with Gasteiger partial charge >= 0.3 is 5.97 Å². The standard InChI is InChI=1S/C11H16N4O3S/c1-14-4-3-5-15(6-7(14)16)10-8(11(17)18-2)9(12)13-19-10/h3-6H2,1-2H3,(H2,12,13). The van der Waals surface area contributed by atoms with E-state index in [0.29, 0.717) is 18.1 Å². The molecule has 1 aliphatic heterocycles. The van der Waals surface area contributed by atoms with Crippen LogP contribution >= 0.6 is 11.5 Å². The Balaban J connectivity index is 2.31. The predicted octanol–water partition coefficient (Wildman–Crippen LogP) is 0.180. The van der Waals surface area contributed by atoms with Crippen molar-refractivity contribution in [1.82, 2.24) is 9.27 Å². The minimum absolute atomic E-state index is 0.0142. The minimum Gasteiger partial charge on any atom is -0.465 e. The number of hydrogen-bond acceptors (Lipinski definition) is 7.